The van der Waals surface area contributed by atoms with E-state index in [1.807, 2.05) is 44.1 Å². The predicted molar refractivity (Wildman–Crippen MR) is 90.1 cm³/mol. The molecule has 0 saturated carbocycles. The lowest BCUT2D eigenvalue weighted by Gasteiger charge is -2.20. The first-order valence-corrected chi connectivity index (χ1v) is 7.10. The molecule has 0 aliphatic heterocycles. The zero-order valence-corrected chi connectivity index (χ0v) is 13.6. The Bertz CT molecular complexity index is 687. The van der Waals surface area contributed by atoms with Gasteiger partial charge in [-0.05, 0) is 30.7 Å². The van der Waals surface area contributed by atoms with Gasteiger partial charge >= 0.3 is 0 Å². The molecule has 1 aromatic rings. The van der Waals surface area contributed by atoms with Crippen molar-refractivity contribution in [2.24, 2.45) is 10.9 Å². The van der Waals surface area contributed by atoms with E-state index in [-0.39, 0.29) is 11.7 Å². The Hall–Kier alpha value is -2.43. The highest BCUT2D eigenvalue weighted by atomic mass is 16.5. The number of hydrogen-bond acceptors (Lipinski definition) is 5. The minimum atomic E-state index is -0.310. The average Bonchev–Trinajstić information content (AvgIpc) is 2.49. The molecular weight excluding hydrogens is 278 g/mol. The summed E-state index contributed by atoms with van der Waals surface area (Å²) in [5.41, 5.74) is 3.11. The van der Waals surface area contributed by atoms with Gasteiger partial charge in [-0.25, -0.2) is 4.99 Å². The highest BCUT2D eigenvalue weighted by Crippen LogP contribution is 2.32. The summed E-state index contributed by atoms with van der Waals surface area (Å²) < 4.78 is 5.38. The van der Waals surface area contributed by atoms with E-state index in [1.165, 1.54) is 6.08 Å². The predicted octanol–water partition coefficient (Wildman–Crippen LogP) is 3.02. The van der Waals surface area contributed by atoms with Gasteiger partial charge in [0.2, 0.25) is 5.78 Å². The second-order valence-corrected chi connectivity index (χ2v) is 5.57. The van der Waals surface area contributed by atoms with Crippen LogP contribution in [0.3, 0.4) is 0 Å². The Kier molecular flexibility index (Phi) is 4.45. The number of ether oxygens (including phenoxy) is 1. The molecule has 0 bridgehead atoms. The van der Waals surface area contributed by atoms with Crippen LogP contribution in [0.5, 0.6) is 5.75 Å². The fraction of sp³-hybridized carbons (Fsp3) is 0.353. The number of anilines is 1. The van der Waals surface area contributed by atoms with Gasteiger partial charge in [-0.3, -0.25) is 4.79 Å². The van der Waals surface area contributed by atoms with Crippen molar-refractivity contribution in [3.8, 4) is 5.75 Å². The van der Waals surface area contributed by atoms with Crippen LogP contribution in [0.4, 0.5) is 11.4 Å². The van der Waals surface area contributed by atoms with Crippen molar-refractivity contribution in [1.82, 2.24) is 0 Å². The SMILES string of the molecule is COc1cc(N(C)C)ccc1N=C1C(=O)C=C(C)C(=N)C1C. The van der Waals surface area contributed by atoms with E-state index in [4.69, 9.17) is 10.1 Å². The van der Waals surface area contributed by atoms with E-state index in [1.54, 1.807) is 14.0 Å². The number of benzene rings is 1. The zero-order valence-electron chi connectivity index (χ0n) is 13.6. The Labute approximate surface area is 130 Å². The lowest BCUT2D eigenvalue weighted by Crippen LogP contribution is -2.32. The number of carbonyl (C=O) groups excluding carboxylic acids is 1. The van der Waals surface area contributed by atoms with E-state index in [0.717, 1.165) is 5.69 Å². The van der Waals surface area contributed by atoms with Crippen molar-refractivity contribution >= 4 is 28.6 Å². The van der Waals surface area contributed by atoms with Gasteiger partial charge < -0.3 is 15.0 Å². The molecule has 116 valence electrons. The molecule has 1 unspecified atom stereocenters. The van der Waals surface area contributed by atoms with Gasteiger partial charge in [-0.2, -0.15) is 0 Å². The largest absolute Gasteiger partial charge is 0.494 e. The maximum Gasteiger partial charge on any atom is 0.201 e. The summed E-state index contributed by atoms with van der Waals surface area (Å²) in [6.45, 7) is 3.61. The number of aliphatic imine (C=N–C) groups is 1. The summed E-state index contributed by atoms with van der Waals surface area (Å²) in [4.78, 5) is 18.6. The monoisotopic (exact) mass is 299 g/mol. The topological polar surface area (TPSA) is 65.8 Å². The second kappa shape index (κ2) is 6.13. The van der Waals surface area contributed by atoms with Crippen molar-refractivity contribution in [1.29, 1.82) is 5.41 Å². The van der Waals surface area contributed by atoms with Crippen molar-refractivity contribution in [2.75, 3.05) is 26.1 Å². The number of carbonyl (C=O) groups is 1. The third-order valence-electron chi connectivity index (χ3n) is 3.79. The van der Waals surface area contributed by atoms with Gasteiger partial charge in [0.25, 0.3) is 0 Å². The first-order valence-electron chi connectivity index (χ1n) is 7.10. The summed E-state index contributed by atoms with van der Waals surface area (Å²) in [7, 11) is 5.47. The Morgan fingerprint density at radius 2 is 2.00 bits per heavy atom. The van der Waals surface area contributed by atoms with Gasteiger partial charge in [0.05, 0.1) is 12.8 Å². The number of nitrogens with one attached hydrogen (secondary N) is 1. The molecule has 2 rings (SSSR count). The zero-order chi connectivity index (χ0) is 16.4. The number of ketones is 1. The van der Waals surface area contributed by atoms with Crippen LogP contribution >= 0.6 is 0 Å². The summed E-state index contributed by atoms with van der Waals surface area (Å²) in [5.74, 6) is 0.159. The first-order chi connectivity index (χ1) is 10.3. The van der Waals surface area contributed by atoms with Gasteiger partial charge in [0.15, 0.2) is 0 Å². The van der Waals surface area contributed by atoms with Crippen molar-refractivity contribution < 1.29 is 9.53 Å². The highest BCUT2D eigenvalue weighted by Gasteiger charge is 2.27. The van der Waals surface area contributed by atoms with Crippen molar-refractivity contribution in [3.05, 3.63) is 29.8 Å². The van der Waals surface area contributed by atoms with Gasteiger partial charge in [0, 0.05) is 37.5 Å². The van der Waals surface area contributed by atoms with Crippen LogP contribution in [-0.4, -0.2) is 38.4 Å². The molecule has 1 N–H and O–H groups in total. The minimum Gasteiger partial charge on any atom is -0.494 e. The molecule has 0 saturated heterocycles. The van der Waals surface area contributed by atoms with E-state index < -0.39 is 0 Å². The molecule has 1 aromatic carbocycles. The maximum absolute atomic E-state index is 12.2. The number of methoxy groups -OCH3 is 1. The van der Waals surface area contributed by atoms with Crippen LogP contribution in [0.25, 0.3) is 0 Å². The molecular formula is C17H21N3O2. The van der Waals surface area contributed by atoms with Gasteiger partial charge in [-0.1, -0.05) is 6.92 Å². The highest BCUT2D eigenvalue weighted by molar-refractivity contribution is 6.51. The van der Waals surface area contributed by atoms with Crippen LogP contribution in [0, 0.1) is 11.3 Å². The van der Waals surface area contributed by atoms with E-state index in [9.17, 15) is 4.79 Å². The van der Waals surface area contributed by atoms with Gasteiger partial charge in [-0.15, -0.1) is 0 Å². The minimum absolute atomic E-state index is 0.139. The number of rotatable bonds is 3. The van der Waals surface area contributed by atoms with E-state index >= 15 is 0 Å². The van der Waals surface area contributed by atoms with Crippen LogP contribution in [0.2, 0.25) is 0 Å². The summed E-state index contributed by atoms with van der Waals surface area (Å²) in [6, 6.07) is 5.63. The number of nitrogens with zero attached hydrogens (tertiary/aromatic N) is 2. The van der Waals surface area contributed by atoms with Gasteiger partial charge in [0.1, 0.15) is 11.4 Å². The third-order valence-corrected chi connectivity index (χ3v) is 3.79. The fourth-order valence-corrected chi connectivity index (χ4v) is 2.36. The molecule has 5 nitrogen and oxygen atoms in total. The average molecular weight is 299 g/mol. The Morgan fingerprint density at radius 3 is 2.59 bits per heavy atom. The van der Waals surface area contributed by atoms with Crippen LogP contribution in [0.15, 0.2) is 34.8 Å². The standard InChI is InChI=1S/C17H21N3O2/c1-10-8-14(21)17(11(2)16(10)18)19-13-7-6-12(20(3)4)9-15(13)22-5/h6-9,11,18H,1-5H3. The smallest absolute Gasteiger partial charge is 0.201 e. The lowest BCUT2D eigenvalue weighted by molar-refractivity contribution is -0.109. The van der Waals surface area contributed by atoms with Crippen molar-refractivity contribution in [3.63, 3.8) is 0 Å². The van der Waals surface area contributed by atoms with Crippen LogP contribution in [-0.2, 0) is 4.79 Å². The number of hydrogen-bond donors (Lipinski definition) is 1. The quantitative estimate of drug-likeness (QED) is 0.933. The normalized spacial score (nSPS) is 20.1. The van der Waals surface area contributed by atoms with E-state index in [0.29, 0.717) is 28.4 Å². The summed E-state index contributed by atoms with van der Waals surface area (Å²) >= 11 is 0. The van der Waals surface area contributed by atoms with Crippen LogP contribution < -0.4 is 9.64 Å². The molecule has 22 heavy (non-hydrogen) atoms. The third kappa shape index (κ3) is 2.93. The molecule has 0 amide bonds. The summed E-state index contributed by atoms with van der Waals surface area (Å²) in [6.07, 6.45) is 1.47. The second-order valence-electron chi connectivity index (χ2n) is 5.57. The number of allylic oxidation sites excluding steroid dienone is 2. The Morgan fingerprint density at radius 1 is 1.32 bits per heavy atom. The first kappa shape index (κ1) is 15.9. The molecule has 0 fully saturated rings. The fourth-order valence-electron chi connectivity index (χ4n) is 2.36. The molecule has 0 aromatic heterocycles. The molecule has 0 radical (unpaired) electrons. The van der Waals surface area contributed by atoms with E-state index in [2.05, 4.69) is 4.99 Å². The van der Waals surface area contributed by atoms with Crippen LogP contribution in [0.1, 0.15) is 13.8 Å². The molecule has 1 atom stereocenters. The molecule has 5 heteroatoms. The molecule has 0 heterocycles. The summed E-state index contributed by atoms with van der Waals surface area (Å²) in [5, 5.41) is 8.04. The van der Waals surface area contributed by atoms with Crippen molar-refractivity contribution in [2.45, 2.75) is 13.8 Å². The maximum atomic E-state index is 12.2. The molecule has 1 aliphatic rings. The Balaban J connectivity index is 2.49. The lowest BCUT2D eigenvalue weighted by atomic mass is 9.86. The molecule has 1 aliphatic carbocycles. The molecule has 0 spiro atoms.